The van der Waals surface area contributed by atoms with Gasteiger partial charge in [-0.05, 0) is 45.7 Å². The molecule has 0 aliphatic carbocycles. The Morgan fingerprint density at radius 3 is 2.72 bits per heavy atom. The number of rotatable bonds is 2. The second-order valence-electron chi connectivity index (χ2n) is 7.34. The molecule has 1 aliphatic heterocycles. The fourth-order valence-corrected chi connectivity index (χ4v) is 4.01. The Morgan fingerprint density at radius 2 is 2.00 bits per heavy atom. The number of aromatic amines is 1. The van der Waals surface area contributed by atoms with Gasteiger partial charge in [0.05, 0.1) is 5.69 Å². The van der Waals surface area contributed by atoms with Gasteiger partial charge in [-0.25, -0.2) is 4.68 Å². The molecule has 1 amide bonds. The summed E-state index contributed by atoms with van der Waals surface area (Å²) in [5, 5.41) is 8.98. The Balaban J connectivity index is 1.97. The van der Waals surface area contributed by atoms with Crippen LogP contribution in [-0.2, 0) is 4.79 Å². The number of fused-ring (bicyclic) bond motifs is 2. The van der Waals surface area contributed by atoms with Crippen molar-refractivity contribution in [3.05, 3.63) is 46.3 Å². The van der Waals surface area contributed by atoms with E-state index in [4.69, 9.17) is 5.10 Å². The van der Waals surface area contributed by atoms with Crippen LogP contribution >= 0.6 is 0 Å². The van der Waals surface area contributed by atoms with Crippen molar-refractivity contribution < 1.29 is 4.79 Å². The molecule has 1 aromatic carbocycles. The first kappa shape index (κ1) is 15.9. The quantitative estimate of drug-likeness (QED) is 0.731. The number of carbonyl (C=O) groups is 1. The molecule has 0 fully saturated rings. The lowest BCUT2D eigenvalue weighted by atomic mass is 9.84. The van der Waals surface area contributed by atoms with Crippen molar-refractivity contribution in [1.29, 1.82) is 0 Å². The maximum Gasteiger partial charge on any atom is 0.226 e. The van der Waals surface area contributed by atoms with E-state index < -0.39 is 0 Å². The van der Waals surface area contributed by atoms with E-state index in [-0.39, 0.29) is 17.9 Å². The number of aromatic nitrogens is 3. The molecule has 2 N–H and O–H groups in total. The minimum absolute atomic E-state index is 0.0254. The Morgan fingerprint density at radius 1 is 1.24 bits per heavy atom. The van der Waals surface area contributed by atoms with Crippen LogP contribution < -0.4 is 5.32 Å². The molecule has 2 aromatic heterocycles. The van der Waals surface area contributed by atoms with Gasteiger partial charge < -0.3 is 10.3 Å². The van der Waals surface area contributed by atoms with E-state index >= 15 is 0 Å². The van der Waals surface area contributed by atoms with Gasteiger partial charge in [-0.15, -0.1) is 0 Å². The summed E-state index contributed by atoms with van der Waals surface area (Å²) in [6, 6.07) is 6.57. The van der Waals surface area contributed by atoms with Crippen LogP contribution in [0, 0.1) is 20.8 Å². The molecule has 0 radical (unpaired) electrons. The topological polar surface area (TPSA) is 62.7 Å². The lowest BCUT2D eigenvalue weighted by Gasteiger charge is -2.25. The Kier molecular flexibility index (Phi) is 3.49. The van der Waals surface area contributed by atoms with Crippen LogP contribution in [0.2, 0.25) is 0 Å². The highest BCUT2D eigenvalue weighted by Crippen LogP contribution is 2.42. The third kappa shape index (κ3) is 2.29. The summed E-state index contributed by atoms with van der Waals surface area (Å²) in [6.07, 6.45) is 0.452. The van der Waals surface area contributed by atoms with E-state index in [0.717, 1.165) is 22.6 Å². The number of nitrogens with zero attached hydrogens (tertiary/aromatic N) is 2. The highest BCUT2D eigenvalue weighted by Gasteiger charge is 2.33. The summed E-state index contributed by atoms with van der Waals surface area (Å²) in [5.74, 6) is 0.930. The lowest BCUT2D eigenvalue weighted by Crippen LogP contribution is -2.25. The molecule has 1 unspecified atom stereocenters. The van der Waals surface area contributed by atoms with Crippen molar-refractivity contribution in [3.8, 4) is 0 Å². The number of aryl methyl sites for hydroxylation is 3. The number of anilines is 1. The SMILES string of the molecule is Cc1nn(C(C)C)c2c1C(c1cccc3c(C)c(C)[nH]c13)CC(=O)N2. The van der Waals surface area contributed by atoms with Gasteiger partial charge in [0, 0.05) is 40.5 Å². The van der Waals surface area contributed by atoms with Gasteiger partial charge in [-0.3, -0.25) is 4.79 Å². The first-order valence-corrected chi connectivity index (χ1v) is 8.85. The van der Waals surface area contributed by atoms with Gasteiger partial charge in [0.2, 0.25) is 5.91 Å². The maximum absolute atomic E-state index is 12.4. The number of para-hydroxylation sites is 1. The molecule has 0 saturated heterocycles. The summed E-state index contributed by atoms with van der Waals surface area (Å²) in [6.45, 7) is 10.4. The molecule has 3 heterocycles. The summed E-state index contributed by atoms with van der Waals surface area (Å²) in [4.78, 5) is 16.0. The Labute approximate surface area is 147 Å². The molecule has 25 heavy (non-hydrogen) atoms. The van der Waals surface area contributed by atoms with Crippen molar-refractivity contribution >= 4 is 22.6 Å². The van der Waals surface area contributed by atoms with E-state index in [1.54, 1.807) is 0 Å². The average molecular weight is 336 g/mol. The maximum atomic E-state index is 12.4. The number of hydrogen-bond acceptors (Lipinski definition) is 2. The standard InChI is InChI=1S/C20H24N4O/c1-10(2)24-20-18(13(5)23-24)16(9-17(25)22-20)15-8-6-7-14-11(3)12(4)21-19(14)15/h6-8,10,16,21H,9H2,1-5H3,(H,22,25). The van der Waals surface area contributed by atoms with Gasteiger partial charge in [-0.1, -0.05) is 18.2 Å². The van der Waals surface area contributed by atoms with Crippen LogP contribution in [0.1, 0.15) is 60.3 Å². The molecule has 5 nitrogen and oxygen atoms in total. The first-order chi connectivity index (χ1) is 11.9. The fraction of sp³-hybridized carbons (Fsp3) is 0.400. The highest BCUT2D eigenvalue weighted by molar-refractivity contribution is 5.96. The minimum atomic E-state index is 0.0254. The normalized spacial score (nSPS) is 17.2. The van der Waals surface area contributed by atoms with Crippen LogP contribution in [-0.4, -0.2) is 20.7 Å². The Hall–Kier alpha value is -2.56. The van der Waals surface area contributed by atoms with Gasteiger partial charge in [0.25, 0.3) is 0 Å². The molecule has 0 saturated carbocycles. The predicted molar refractivity (Wildman–Crippen MR) is 100 cm³/mol. The third-order valence-corrected chi connectivity index (χ3v) is 5.37. The molecular weight excluding hydrogens is 312 g/mol. The summed E-state index contributed by atoms with van der Waals surface area (Å²) >= 11 is 0. The summed E-state index contributed by atoms with van der Waals surface area (Å²) in [5.41, 5.74) is 6.90. The van der Waals surface area contributed by atoms with Crippen LogP contribution in [0.4, 0.5) is 5.82 Å². The monoisotopic (exact) mass is 336 g/mol. The molecule has 0 spiro atoms. The number of amides is 1. The molecule has 4 rings (SSSR count). The molecule has 130 valence electrons. The summed E-state index contributed by atoms with van der Waals surface area (Å²) in [7, 11) is 0. The second kappa shape index (κ2) is 5.48. The van der Waals surface area contributed by atoms with E-state index in [1.165, 1.54) is 22.2 Å². The molecule has 1 aliphatic rings. The van der Waals surface area contributed by atoms with Gasteiger partial charge in [0.1, 0.15) is 5.82 Å². The van der Waals surface area contributed by atoms with Crippen molar-refractivity contribution in [2.75, 3.05) is 5.32 Å². The minimum Gasteiger partial charge on any atom is -0.358 e. The second-order valence-corrected chi connectivity index (χ2v) is 7.34. The summed E-state index contributed by atoms with van der Waals surface area (Å²) < 4.78 is 1.93. The van der Waals surface area contributed by atoms with Crippen molar-refractivity contribution in [3.63, 3.8) is 0 Å². The molecule has 0 bridgehead atoms. The van der Waals surface area contributed by atoms with Crippen LogP contribution in [0.5, 0.6) is 0 Å². The fourth-order valence-electron chi connectivity index (χ4n) is 4.01. The van der Waals surface area contributed by atoms with Gasteiger partial charge in [0.15, 0.2) is 0 Å². The Bertz CT molecular complexity index is 993. The van der Waals surface area contributed by atoms with Gasteiger partial charge >= 0.3 is 0 Å². The van der Waals surface area contributed by atoms with Crippen molar-refractivity contribution in [2.24, 2.45) is 0 Å². The van der Waals surface area contributed by atoms with E-state index in [0.29, 0.717) is 6.42 Å². The number of hydrogen-bond donors (Lipinski definition) is 2. The molecular formula is C20H24N4O. The van der Waals surface area contributed by atoms with Crippen molar-refractivity contribution in [1.82, 2.24) is 14.8 Å². The number of carbonyl (C=O) groups excluding carboxylic acids is 1. The molecule has 3 aromatic rings. The van der Waals surface area contributed by atoms with Crippen LogP contribution in [0.25, 0.3) is 10.9 Å². The molecule has 1 atom stereocenters. The molecule has 5 heteroatoms. The van der Waals surface area contributed by atoms with E-state index in [9.17, 15) is 4.79 Å². The first-order valence-electron chi connectivity index (χ1n) is 8.85. The number of H-pyrrole nitrogens is 1. The number of nitrogens with one attached hydrogen (secondary N) is 2. The number of benzene rings is 1. The highest BCUT2D eigenvalue weighted by atomic mass is 16.1. The van der Waals surface area contributed by atoms with E-state index in [2.05, 4.69) is 56.2 Å². The van der Waals surface area contributed by atoms with Gasteiger partial charge in [-0.2, -0.15) is 5.10 Å². The zero-order valence-electron chi connectivity index (χ0n) is 15.4. The van der Waals surface area contributed by atoms with E-state index in [1.807, 2.05) is 11.6 Å². The smallest absolute Gasteiger partial charge is 0.226 e. The van der Waals surface area contributed by atoms with Crippen LogP contribution in [0.15, 0.2) is 18.2 Å². The zero-order valence-corrected chi connectivity index (χ0v) is 15.4. The largest absolute Gasteiger partial charge is 0.358 e. The lowest BCUT2D eigenvalue weighted by molar-refractivity contribution is -0.116. The van der Waals surface area contributed by atoms with Crippen molar-refractivity contribution in [2.45, 2.75) is 53.0 Å². The zero-order chi connectivity index (χ0) is 17.9. The average Bonchev–Trinajstić information content (AvgIpc) is 3.04. The van der Waals surface area contributed by atoms with Crippen LogP contribution in [0.3, 0.4) is 0 Å². The predicted octanol–water partition coefficient (Wildman–Crippen LogP) is 4.34. The third-order valence-electron chi connectivity index (χ3n) is 5.37.